The second-order valence-corrected chi connectivity index (χ2v) is 6.96. The van der Waals surface area contributed by atoms with E-state index in [0.29, 0.717) is 12.1 Å². The maximum Gasteiger partial charge on any atom is 0.0295 e. The number of nitrogens with zero attached hydrogens (tertiary/aromatic N) is 1. The zero-order valence-corrected chi connectivity index (χ0v) is 12.5. The molecular formula is C15H32N2. The van der Waals surface area contributed by atoms with Crippen LogP contribution in [0.3, 0.4) is 0 Å². The fraction of sp³-hybridized carbons (Fsp3) is 1.00. The third-order valence-corrected chi connectivity index (χ3v) is 4.21. The molecule has 2 N–H and O–H groups in total. The molecule has 1 rings (SSSR count). The lowest BCUT2D eigenvalue weighted by Crippen LogP contribution is -2.54. The van der Waals surface area contributed by atoms with Crippen molar-refractivity contribution in [2.75, 3.05) is 13.1 Å². The number of hydrogen-bond acceptors (Lipinski definition) is 2. The van der Waals surface area contributed by atoms with E-state index in [1.165, 1.54) is 32.4 Å². The van der Waals surface area contributed by atoms with Crippen LogP contribution >= 0.6 is 0 Å². The van der Waals surface area contributed by atoms with E-state index in [2.05, 4.69) is 39.5 Å². The number of rotatable bonds is 3. The maximum absolute atomic E-state index is 6.38. The first-order valence-corrected chi connectivity index (χ1v) is 7.36. The molecule has 0 radical (unpaired) electrons. The monoisotopic (exact) mass is 240 g/mol. The molecule has 0 bridgehead atoms. The summed E-state index contributed by atoms with van der Waals surface area (Å²) in [7, 11) is 0. The first-order valence-electron chi connectivity index (χ1n) is 7.36. The molecule has 0 aromatic heterocycles. The van der Waals surface area contributed by atoms with Crippen molar-refractivity contribution in [3.8, 4) is 0 Å². The van der Waals surface area contributed by atoms with E-state index in [-0.39, 0.29) is 5.41 Å². The van der Waals surface area contributed by atoms with Crippen LogP contribution in [-0.4, -0.2) is 30.1 Å². The highest BCUT2D eigenvalue weighted by molar-refractivity contribution is 4.91. The van der Waals surface area contributed by atoms with Crippen LogP contribution in [0.5, 0.6) is 0 Å². The van der Waals surface area contributed by atoms with E-state index in [9.17, 15) is 0 Å². The van der Waals surface area contributed by atoms with Gasteiger partial charge in [-0.05, 0) is 50.1 Å². The van der Waals surface area contributed by atoms with Crippen molar-refractivity contribution in [3.63, 3.8) is 0 Å². The maximum atomic E-state index is 6.38. The van der Waals surface area contributed by atoms with E-state index in [4.69, 9.17) is 5.73 Å². The molecule has 1 aliphatic heterocycles. The average Bonchev–Trinajstić information content (AvgIpc) is 2.42. The Hall–Kier alpha value is -0.0800. The second kappa shape index (κ2) is 6.19. The van der Waals surface area contributed by atoms with Gasteiger partial charge in [0.05, 0.1) is 0 Å². The van der Waals surface area contributed by atoms with Crippen LogP contribution in [0, 0.1) is 11.3 Å². The third-order valence-electron chi connectivity index (χ3n) is 4.21. The summed E-state index contributed by atoms with van der Waals surface area (Å²) in [6.45, 7) is 14.1. The fourth-order valence-corrected chi connectivity index (χ4v) is 3.25. The number of hydrogen-bond donors (Lipinski definition) is 1. The van der Waals surface area contributed by atoms with E-state index in [0.717, 1.165) is 12.3 Å². The Labute approximate surface area is 108 Å². The smallest absolute Gasteiger partial charge is 0.0295 e. The SMILES string of the molecule is CCC(N)C(N1CCCC(C)CC1)C(C)(C)C. The molecule has 3 atom stereocenters. The standard InChI is InChI=1S/C15H32N2/c1-6-13(16)14(15(3,4)5)17-10-7-8-12(2)9-11-17/h12-14H,6-11,16H2,1-5H3. The molecule has 2 heteroatoms. The molecule has 17 heavy (non-hydrogen) atoms. The van der Waals surface area contributed by atoms with Crippen LogP contribution in [0.25, 0.3) is 0 Å². The van der Waals surface area contributed by atoms with Crippen LogP contribution in [0.15, 0.2) is 0 Å². The molecule has 0 saturated carbocycles. The van der Waals surface area contributed by atoms with Gasteiger partial charge in [0.25, 0.3) is 0 Å². The second-order valence-electron chi connectivity index (χ2n) is 6.96. The van der Waals surface area contributed by atoms with Crippen molar-refractivity contribution in [2.24, 2.45) is 17.1 Å². The summed E-state index contributed by atoms with van der Waals surface area (Å²) in [5, 5.41) is 0. The van der Waals surface area contributed by atoms with Crippen molar-refractivity contribution < 1.29 is 0 Å². The van der Waals surface area contributed by atoms with Gasteiger partial charge in [-0.1, -0.05) is 34.6 Å². The lowest BCUT2D eigenvalue weighted by molar-refractivity contribution is 0.0784. The Balaban J connectivity index is 2.75. The first kappa shape index (κ1) is 15.0. The summed E-state index contributed by atoms with van der Waals surface area (Å²) in [4.78, 5) is 2.66. The molecule has 1 heterocycles. The molecule has 0 aromatic rings. The van der Waals surface area contributed by atoms with Gasteiger partial charge < -0.3 is 5.73 Å². The first-order chi connectivity index (χ1) is 7.86. The molecule has 3 unspecified atom stereocenters. The normalized spacial score (nSPS) is 27.5. The summed E-state index contributed by atoms with van der Waals surface area (Å²) in [6.07, 6.45) is 5.13. The van der Waals surface area contributed by atoms with Crippen molar-refractivity contribution in [1.82, 2.24) is 4.90 Å². The van der Waals surface area contributed by atoms with Gasteiger partial charge in [0.2, 0.25) is 0 Å². The molecule has 1 aliphatic rings. The van der Waals surface area contributed by atoms with E-state index >= 15 is 0 Å². The van der Waals surface area contributed by atoms with Crippen molar-refractivity contribution in [3.05, 3.63) is 0 Å². The number of likely N-dealkylation sites (tertiary alicyclic amines) is 1. The van der Waals surface area contributed by atoms with Crippen LogP contribution < -0.4 is 5.73 Å². The molecule has 0 aliphatic carbocycles. The van der Waals surface area contributed by atoms with Gasteiger partial charge in [0, 0.05) is 12.1 Å². The molecule has 0 spiro atoms. The Kier molecular flexibility index (Phi) is 5.46. The van der Waals surface area contributed by atoms with Crippen LogP contribution in [-0.2, 0) is 0 Å². The predicted molar refractivity (Wildman–Crippen MR) is 76.1 cm³/mol. The van der Waals surface area contributed by atoms with Gasteiger partial charge in [-0.25, -0.2) is 0 Å². The topological polar surface area (TPSA) is 29.3 Å². The van der Waals surface area contributed by atoms with Crippen molar-refractivity contribution in [2.45, 2.75) is 72.4 Å². The molecule has 1 fully saturated rings. The highest BCUT2D eigenvalue weighted by Crippen LogP contribution is 2.30. The van der Waals surface area contributed by atoms with E-state index in [1.807, 2.05) is 0 Å². The fourth-order valence-electron chi connectivity index (χ4n) is 3.25. The van der Waals surface area contributed by atoms with Crippen molar-refractivity contribution in [1.29, 1.82) is 0 Å². The molecule has 1 saturated heterocycles. The minimum Gasteiger partial charge on any atom is -0.326 e. The van der Waals surface area contributed by atoms with Gasteiger partial charge in [-0.2, -0.15) is 0 Å². The summed E-state index contributed by atoms with van der Waals surface area (Å²) >= 11 is 0. The van der Waals surface area contributed by atoms with Gasteiger partial charge in [0.15, 0.2) is 0 Å². The van der Waals surface area contributed by atoms with E-state index < -0.39 is 0 Å². The van der Waals surface area contributed by atoms with Crippen LogP contribution in [0.1, 0.15) is 60.3 Å². The average molecular weight is 240 g/mol. The zero-order chi connectivity index (χ0) is 13.1. The molecule has 0 amide bonds. The lowest BCUT2D eigenvalue weighted by Gasteiger charge is -2.43. The largest absolute Gasteiger partial charge is 0.326 e. The Morgan fingerprint density at radius 3 is 2.41 bits per heavy atom. The van der Waals surface area contributed by atoms with Crippen LogP contribution in [0.2, 0.25) is 0 Å². The van der Waals surface area contributed by atoms with Crippen molar-refractivity contribution >= 4 is 0 Å². The van der Waals surface area contributed by atoms with E-state index in [1.54, 1.807) is 0 Å². The number of nitrogens with two attached hydrogens (primary N) is 1. The summed E-state index contributed by atoms with van der Waals surface area (Å²) in [5.41, 5.74) is 6.66. The van der Waals surface area contributed by atoms with Gasteiger partial charge in [-0.3, -0.25) is 4.90 Å². The minimum atomic E-state index is 0.281. The van der Waals surface area contributed by atoms with Gasteiger partial charge >= 0.3 is 0 Å². The summed E-state index contributed by atoms with van der Waals surface area (Å²) in [6, 6.07) is 0.834. The highest BCUT2D eigenvalue weighted by atomic mass is 15.2. The molecular weight excluding hydrogens is 208 g/mol. The summed E-state index contributed by atoms with van der Waals surface area (Å²) < 4.78 is 0. The summed E-state index contributed by atoms with van der Waals surface area (Å²) in [5.74, 6) is 0.887. The van der Waals surface area contributed by atoms with Crippen LogP contribution in [0.4, 0.5) is 0 Å². The zero-order valence-electron chi connectivity index (χ0n) is 12.5. The quantitative estimate of drug-likeness (QED) is 0.820. The third kappa shape index (κ3) is 4.26. The highest BCUT2D eigenvalue weighted by Gasteiger charge is 2.34. The molecule has 2 nitrogen and oxygen atoms in total. The molecule has 0 aromatic carbocycles. The van der Waals surface area contributed by atoms with Gasteiger partial charge in [0.1, 0.15) is 0 Å². The Morgan fingerprint density at radius 2 is 1.88 bits per heavy atom. The Morgan fingerprint density at radius 1 is 1.24 bits per heavy atom. The van der Waals surface area contributed by atoms with Gasteiger partial charge in [-0.15, -0.1) is 0 Å². The minimum absolute atomic E-state index is 0.281. The molecule has 102 valence electrons. The lowest BCUT2D eigenvalue weighted by atomic mass is 9.80. The Bertz CT molecular complexity index is 219. The predicted octanol–water partition coefficient (Wildman–Crippen LogP) is 3.26.